The van der Waals surface area contributed by atoms with Gasteiger partial charge in [-0.15, -0.1) is 0 Å². The number of ether oxygens (including phenoxy) is 2. The fourth-order valence-corrected chi connectivity index (χ4v) is 13.2. The largest absolute Gasteiger partial charge is 0.490 e. The van der Waals surface area contributed by atoms with Crippen LogP contribution in [0.5, 0.6) is 5.75 Å². The van der Waals surface area contributed by atoms with Crippen LogP contribution in [0.15, 0.2) is 127 Å². The van der Waals surface area contributed by atoms with E-state index in [1.807, 2.05) is 48.5 Å². The highest BCUT2D eigenvalue weighted by atomic mass is 16.5. The zero-order valence-corrected chi connectivity index (χ0v) is 59.4. The summed E-state index contributed by atoms with van der Waals surface area (Å²) in [6.07, 6.45) is 1.97. The third-order valence-corrected chi connectivity index (χ3v) is 19.4. The summed E-state index contributed by atoms with van der Waals surface area (Å²) >= 11 is 0. The number of amides is 9. The van der Waals surface area contributed by atoms with Gasteiger partial charge in [-0.3, -0.25) is 43.2 Å². The first-order valence-electron chi connectivity index (χ1n) is 34.6. The van der Waals surface area contributed by atoms with Crippen LogP contribution in [0.2, 0.25) is 0 Å². The SMILES string of the molecule is CN[C@@H](C)C(=O)N[C@H](C(=O)N1C[C@@H]2C[C@H]1C(=O)N[C@@H](Cc1ccc3ccccc3c1)C(=O)N[C@H](C(=O)O)Cc1ccc(cc1)OC/C=C/CO[C@H]1C[C@@H](C(=O)N3Cc4ccccc4C[C@H]3C(=O)N[C@H](C(=O)O)Cc3ccc(cc3)C(=O)N2)N(C(=O)[C@@H](NC(=O)[C@H](C)NC)C(C)(C)C)C1)C(C)(C)C. The molecule has 544 valence electrons. The summed E-state index contributed by atoms with van der Waals surface area (Å²) in [4.78, 5) is 162. The standard InChI is InChI=1S/C76H95N11O15/c1-43(77-9)64(88)83-62(75(3,4)5)71(95)86-41-53-38-60(86)69(93)80-56(36-47-23-26-48-17-11-12-18-50(48)33-47)67(91)81-57(73(97)98)35-46-24-29-54(30-25-46)101-31-15-16-32-102-55-39-61(87(42-55)72(96)63(76(6,7)8)84-65(89)44(2)78-10)70(94)85-40-52-20-14-13-19-51(52)37-59(85)68(92)82-58(74(99)100)34-45-21-27-49(28-22-45)66(90)79-53/h11-30,33,43-44,53,55-63,77-78H,31-32,34-42H2,1-10H3,(H,79,90)(H,80,93)(H,81,91)(H,82,92)(H,83,88)(H,84,89)(H,97,98)(H,99,100)/b16-15+/t43-,44-,53-,55-,56-,57-,58-,59-,60-,61-,62+,63+/m0/s1. The summed E-state index contributed by atoms with van der Waals surface area (Å²) in [5.41, 5.74) is 1.35. The minimum absolute atomic E-state index is 0.00103. The molecule has 7 aliphatic heterocycles. The van der Waals surface area contributed by atoms with Crippen molar-refractivity contribution in [2.45, 2.75) is 173 Å². The van der Waals surface area contributed by atoms with Crippen LogP contribution in [0.3, 0.4) is 0 Å². The maximum Gasteiger partial charge on any atom is 0.326 e. The molecule has 0 spiro atoms. The van der Waals surface area contributed by atoms with E-state index in [-0.39, 0.29) is 76.9 Å². The molecule has 2 fully saturated rings. The van der Waals surface area contributed by atoms with Gasteiger partial charge in [0, 0.05) is 63.3 Å². The van der Waals surface area contributed by atoms with Crippen molar-refractivity contribution in [1.82, 2.24) is 57.2 Å². The van der Waals surface area contributed by atoms with E-state index in [4.69, 9.17) is 9.47 Å². The minimum atomic E-state index is -1.55. The minimum Gasteiger partial charge on any atom is -0.490 e. The molecule has 0 radical (unpaired) electrons. The summed E-state index contributed by atoms with van der Waals surface area (Å²) in [6.45, 7) is 13.6. The Morgan fingerprint density at radius 1 is 0.569 bits per heavy atom. The maximum absolute atomic E-state index is 15.5. The first kappa shape index (κ1) is 76.1. The van der Waals surface area contributed by atoms with Gasteiger partial charge in [0.1, 0.15) is 60.7 Å². The topological polar surface area (TPSA) is 353 Å². The van der Waals surface area contributed by atoms with E-state index in [1.165, 1.54) is 39.0 Å². The molecule has 0 unspecified atom stereocenters. The van der Waals surface area contributed by atoms with Crippen LogP contribution in [0.25, 0.3) is 10.8 Å². The van der Waals surface area contributed by atoms with Gasteiger partial charge in [0.25, 0.3) is 5.91 Å². The molecule has 0 saturated carbocycles. The number of benzene rings is 5. The van der Waals surface area contributed by atoms with Crippen LogP contribution in [-0.4, -0.2) is 203 Å². The number of nitrogens with one attached hydrogen (secondary N) is 8. The lowest BCUT2D eigenvalue weighted by molar-refractivity contribution is -0.152. The van der Waals surface area contributed by atoms with Gasteiger partial charge in [0.15, 0.2) is 0 Å². The first-order valence-corrected chi connectivity index (χ1v) is 34.6. The van der Waals surface area contributed by atoms with Gasteiger partial charge >= 0.3 is 11.9 Å². The fraction of sp³-hybridized carbons (Fsp3) is 0.461. The van der Waals surface area contributed by atoms with Crippen molar-refractivity contribution in [3.8, 4) is 5.75 Å². The lowest BCUT2D eigenvalue weighted by Gasteiger charge is -2.40. The fourth-order valence-electron chi connectivity index (χ4n) is 13.2. The molecule has 2 saturated heterocycles. The van der Waals surface area contributed by atoms with Gasteiger partial charge in [-0.05, 0) is 114 Å². The van der Waals surface area contributed by atoms with Crippen LogP contribution in [-0.2, 0) is 84.9 Å². The van der Waals surface area contributed by atoms with Crippen LogP contribution in [0.1, 0.15) is 106 Å². The number of rotatable bonds is 12. The highest BCUT2D eigenvalue weighted by molar-refractivity contribution is 5.99. The normalized spacial score (nSPS) is 23.5. The Labute approximate surface area is 593 Å². The highest BCUT2D eigenvalue weighted by Crippen LogP contribution is 2.33. The smallest absolute Gasteiger partial charge is 0.326 e. The van der Waals surface area contributed by atoms with Crippen molar-refractivity contribution in [2.24, 2.45) is 10.8 Å². The third-order valence-electron chi connectivity index (χ3n) is 19.4. The number of carbonyl (C=O) groups excluding carboxylic acids is 9. The van der Waals surface area contributed by atoms with Crippen LogP contribution in [0, 0.1) is 10.8 Å². The number of aliphatic carboxylic acids is 2. The summed E-state index contributed by atoms with van der Waals surface area (Å²) in [7, 11) is 3.20. The predicted molar refractivity (Wildman–Crippen MR) is 379 cm³/mol. The van der Waals surface area contributed by atoms with Gasteiger partial charge < -0.3 is 76.9 Å². The van der Waals surface area contributed by atoms with Crippen molar-refractivity contribution >= 4 is 75.9 Å². The number of hydrogen-bond acceptors (Lipinski definition) is 15. The highest BCUT2D eigenvalue weighted by Gasteiger charge is 2.50. The maximum atomic E-state index is 15.5. The van der Waals surface area contributed by atoms with Crippen LogP contribution >= 0.6 is 0 Å². The summed E-state index contributed by atoms with van der Waals surface area (Å²) in [5, 5.41) is 45.8. The molecule has 5 aromatic carbocycles. The van der Waals surface area contributed by atoms with E-state index >= 15 is 19.2 Å². The van der Waals surface area contributed by atoms with Gasteiger partial charge in [0.05, 0.1) is 24.8 Å². The molecule has 26 heteroatoms. The zero-order chi connectivity index (χ0) is 73.9. The summed E-state index contributed by atoms with van der Waals surface area (Å²) in [6, 6.07) is 20.0. The average molecular weight is 1400 g/mol. The average Bonchev–Trinajstić information content (AvgIpc) is 1.46. The Hall–Kier alpha value is -10.0. The molecular weight excluding hydrogens is 1310 g/mol. The number of nitrogens with zero attached hydrogens (tertiary/aromatic N) is 3. The second-order valence-electron chi connectivity index (χ2n) is 29.0. The monoisotopic (exact) mass is 1400 g/mol. The molecule has 12 rings (SSSR count). The van der Waals surface area contributed by atoms with Crippen molar-refractivity contribution in [2.75, 3.05) is 40.4 Å². The Balaban J connectivity index is 1.05. The number of fused-ring (bicyclic) bond motifs is 2. The molecule has 7 aliphatic rings. The third kappa shape index (κ3) is 18.9. The van der Waals surface area contributed by atoms with E-state index in [2.05, 4.69) is 42.5 Å². The summed E-state index contributed by atoms with van der Waals surface area (Å²) in [5.74, 6) is -8.11. The number of carboxylic acids is 2. The van der Waals surface area contributed by atoms with Gasteiger partial charge in [0.2, 0.25) is 47.3 Å². The van der Waals surface area contributed by atoms with Crippen LogP contribution in [0.4, 0.5) is 0 Å². The second-order valence-corrected chi connectivity index (χ2v) is 29.0. The molecule has 7 heterocycles. The van der Waals surface area contributed by atoms with Crippen LogP contribution < -0.4 is 47.3 Å². The van der Waals surface area contributed by atoms with Gasteiger partial charge in [-0.1, -0.05) is 139 Å². The molecule has 8 bridgehead atoms. The molecular formula is C76H95N11O15. The van der Waals surface area contributed by atoms with E-state index in [9.17, 15) is 43.8 Å². The summed E-state index contributed by atoms with van der Waals surface area (Å²) < 4.78 is 12.4. The molecule has 5 aromatic rings. The number of carboxylic acid groups (broad SMARTS) is 2. The van der Waals surface area contributed by atoms with Crippen molar-refractivity contribution < 1.29 is 72.4 Å². The molecule has 12 atom stereocenters. The molecule has 10 N–H and O–H groups in total. The number of likely N-dealkylation sites (N-methyl/N-ethyl adjacent to an activating group) is 2. The Kier molecular flexibility index (Phi) is 24.8. The zero-order valence-electron chi connectivity index (χ0n) is 59.4. The van der Waals surface area contributed by atoms with E-state index in [0.29, 0.717) is 22.4 Å². The molecule has 0 aliphatic carbocycles. The molecule has 26 nitrogen and oxygen atoms in total. The Bertz CT molecular complexity index is 3960. The van der Waals surface area contributed by atoms with E-state index in [1.54, 1.807) is 124 Å². The number of carbonyl (C=O) groups is 11. The number of likely N-dealkylation sites (tertiary alicyclic amines) is 2. The lowest BCUT2D eigenvalue weighted by Crippen LogP contribution is -2.62. The van der Waals surface area contributed by atoms with E-state index in [0.717, 1.165) is 21.9 Å². The molecule has 9 amide bonds. The van der Waals surface area contributed by atoms with E-state index < -0.39 is 148 Å². The number of hydrogen-bond donors (Lipinski definition) is 10. The Morgan fingerprint density at radius 2 is 1.10 bits per heavy atom. The second kappa shape index (κ2) is 33.2. The van der Waals surface area contributed by atoms with Gasteiger partial charge in [-0.2, -0.15) is 0 Å². The predicted octanol–water partition coefficient (Wildman–Crippen LogP) is 3.36. The Morgan fingerprint density at radius 3 is 1.68 bits per heavy atom. The van der Waals surface area contributed by atoms with Crippen molar-refractivity contribution in [1.29, 1.82) is 0 Å². The first-order chi connectivity index (χ1) is 48.4. The van der Waals surface area contributed by atoms with Crippen molar-refractivity contribution in [3.05, 3.63) is 161 Å². The van der Waals surface area contributed by atoms with Crippen molar-refractivity contribution in [3.63, 3.8) is 0 Å². The molecule has 0 aromatic heterocycles. The lowest BCUT2D eigenvalue weighted by atomic mass is 9.85. The quantitative estimate of drug-likeness (QED) is 0.0801. The molecule has 102 heavy (non-hydrogen) atoms. The van der Waals surface area contributed by atoms with Gasteiger partial charge in [-0.25, -0.2) is 9.59 Å².